The Balaban J connectivity index is 2.74. The van der Waals surface area contributed by atoms with Crippen molar-refractivity contribution < 1.29 is 19.3 Å². The highest BCUT2D eigenvalue weighted by molar-refractivity contribution is 5.52. The first-order chi connectivity index (χ1) is 8.93. The number of aromatic hydroxyl groups is 1. The van der Waals surface area contributed by atoms with Gasteiger partial charge < -0.3 is 24.6 Å². The van der Waals surface area contributed by atoms with Gasteiger partial charge in [-0.1, -0.05) is 0 Å². The molecule has 0 aliphatic rings. The van der Waals surface area contributed by atoms with Crippen molar-refractivity contribution in [2.24, 2.45) is 0 Å². The fraction of sp³-hybridized carbons (Fsp3) is 0.571. The van der Waals surface area contributed by atoms with Gasteiger partial charge in [-0.05, 0) is 31.5 Å². The molecule has 19 heavy (non-hydrogen) atoms. The van der Waals surface area contributed by atoms with Crippen molar-refractivity contribution in [2.45, 2.75) is 26.0 Å². The van der Waals surface area contributed by atoms with Gasteiger partial charge in [-0.3, -0.25) is 0 Å². The van der Waals surface area contributed by atoms with Gasteiger partial charge in [-0.2, -0.15) is 0 Å². The molecule has 1 rings (SSSR count). The van der Waals surface area contributed by atoms with Crippen molar-refractivity contribution in [3.63, 3.8) is 0 Å². The summed E-state index contributed by atoms with van der Waals surface area (Å²) in [6.45, 7) is 5.38. The highest BCUT2D eigenvalue weighted by atomic mass is 16.5. The Morgan fingerprint density at radius 2 is 1.63 bits per heavy atom. The molecule has 0 radical (unpaired) electrons. The van der Waals surface area contributed by atoms with Crippen LogP contribution >= 0.6 is 0 Å². The topological polar surface area (TPSA) is 60.0 Å². The largest absolute Gasteiger partial charge is 0.502 e. The molecule has 1 aromatic rings. The van der Waals surface area contributed by atoms with Crippen molar-refractivity contribution >= 4 is 0 Å². The van der Waals surface area contributed by atoms with E-state index in [0.29, 0.717) is 18.0 Å². The lowest BCUT2D eigenvalue weighted by molar-refractivity contribution is 0.0230. The van der Waals surface area contributed by atoms with Crippen LogP contribution in [0, 0.1) is 0 Å². The van der Waals surface area contributed by atoms with Crippen molar-refractivity contribution in [3.05, 3.63) is 17.7 Å². The fourth-order valence-corrected chi connectivity index (χ4v) is 1.63. The summed E-state index contributed by atoms with van der Waals surface area (Å²) in [5, 5.41) is 13.1. The maximum Gasteiger partial charge on any atom is 0.200 e. The first-order valence-electron chi connectivity index (χ1n) is 6.13. The first kappa shape index (κ1) is 15.6. The van der Waals surface area contributed by atoms with E-state index < -0.39 is 0 Å². The Hall–Kier alpha value is -1.46. The molecule has 5 nitrogen and oxygen atoms in total. The van der Waals surface area contributed by atoms with Crippen LogP contribution in [-0.4, -0.2) is 38.6 Å². The minimum atomic E-state index is -0.217. The maximum absolute atomic E-state index is 9.82. The third-order valence-corrected chi connectivity index (χ3v) is 2.97. The summed E-state index contributed by atoms with van der Waals surface area (Å²) in [5.41, 5.74) is 0.754. The zero-order valence-electron chi connectivity index (χ0n) is 12.2. The number of ether oxygens (including phenoxy) is 3. The van der Waals surface area contributed by atoms with E-state index in [0.717, 1.165) is 12.1 Å². The van der Waals surface area contributed by atoms with Crippen molar-refractivity contribution in [3.8, 4) is 17.2 Å². The molecule has 0 aliphatic carbocycles. The highest BCUT2D eigenvalue weighted by Gasteiger charge is 2.16. The van der Waals surface area contributed by atoms with Gasteiger partial charge in [-0.15, -0.1) is 0 Å². The SMILES string of the molecule is COc1cc(CNCC(C)(C)OC)cc(OC)c1O. The van der Waals surface area contributed by atoms with E-state index in [1.165, 1.54) is 14.2 Å². The average molecular weight is 269 g/mol. The predicted octanol–water partition coefficient (Wildman–Crippen LogP) is 1.92. The smallest absolute Gasteiger partial charge is 0.200 e. The van der Waals surface area contributed by atoms with E-state index in [4.69, 9.17) is 14.2 Å². The Kier molecular flexibility index (Phi) is 5.44. The zero-order valence-corrected chi connectivity index (χ0v) is 12.2. The Morgan fingerprint density at radius 1 is 1.11 bits per heavy atom. The molecule has 2 N–H and O–H groups in total. The molecule has 0 bridgehead atoms. The van der Waals surface area contributed by atoms with Crippen LogP contribution in [0.5, 0.6) is 17.2 Å². The summed E-state index contributed by atoms with van der Waals surface area (Å²) in [6.07, 6.45) is 0. The first-order valence-corrected chi connectivity index (χ1v) is 6.13. The average Bonchev–Trinajstić information content (AvgIpc) is 2.40. The van der Waals surface area contributed by atoms with Crippen LogP contribution in [0.3, 0.4) is 0 Å². The molecule has 0 fully saturated rings. The summed E-state index contributed by atoms with van der Waals surface area (Å²) in [4.78, 5) is 0. The number of phenols is 1. The summed E-state index contributed by atoms with van der Waals surface area (Å²) < 4.78 is 15.6. The van der Waals surface area contributed by atoms with E-state index in [1.54, 1.807) is 19.2 Å². The van der Waals surface area contributed by atoms with Crippen molar-refractivity contribution in [1.29, 1.82) is 0 Å². The zero-order chi connectivity index (χ0) is 14.5. The van der Waals surface area contributed by atoms with Crippen molar-refractivity contribution in [1.82, 2.24) is 5.32 Å². The Morgan fingerprint density at radius 3 is 2.05 bits per heavy atom. The van der Waals surface area contributed by atoms with Gasteiger partial charge in [-0.25, -0.2) is 0 Å². The standard InChI is InChI=1S/C14H23NO4/c1-14(2,19-5)9-15-8-10-6-11(17-3)13(16)12(7-10)18-4/h6-7,15-16H,8-9H2,1-5H3. The molecule has 0 aromatic heterocycles. The van der Waals surface area contributed by atoms with Gasteiger partial charge >= 0.3 is 0 Å². The minimum absolute atomic E-state index is 0.0194. The van der Waals surface area contributed by atoms with Crippen LogP contribution in [0.25, 0.3) is 0 Å². The Labute approximate surface area is 114 Å². The van der Waals surface area contributed by atoms with E-state index in [9.17, 15) is 5.11 Å². The molecular formula is C14H23NO4. The summed E-state index contributed by atoms with van der Waals surface area (Å²) in [7, 11) is 4.72. The second kappa shape index (κ2) is 6.63. The second-order valence-corrected chi connectivity index (χ2v) is 4.92. The van der Waals surface area contributed by atoms with E-state index in [-0.39, 0.29) is 11.4 Å². The lowest BCUT2D eigenvalue weighted by Crippen LogP contribution is -2.36. The number of hydrogen-bond donors (Lipinski definition) is 2. The molecule has 0 unspecified atom stereocenters. The summed E-state index contributed by atoms with van der Waals surface area (Å²) in [6, 6.07) is 3.56. The maximum atomic E-state index is 9.82. The second-order valence-electron chi connectivity index (χ2n) is 4.92. The normalized spacial score (nSPS) is 11.4. The van der Waals surface area contributed by atoms with Crippen LogP contribution in [-0.2, 0) is 11.3 Å². The quantitative estimate of drug-likeness (QED) is 0.792. The van der Waals surface area contributed by atoms with E-state index in [1.807, 2.05) is 13.8 Å². The van der Waals surface area contributed by atoms with Crippen LogP contribution in [0.4, 0.5) is 0 Å². The monoisotopic (exact) mass is 269 g/mol. The van der Waals surface area contributed by atoms with Gasteiger partial charge in [0.15, 0.2) is 11.5 Å². The molecule has 1 aromatic carbocycles. The number of nitrogens with one attached hydrogen (secondary N) is 1. The molecule has 0 saturated carbocycles. The third-order valence-electron chi connectivity index (χ3n) is 2.97. The minimum Gasteiger partial charge on any atom is -0.502 e. The number of rotatable bonds is 7. The number of hydrogen-bond acceptors (Lipinski definition) is 5. The molecule has 0 spiro atoms. The van der Waals surface area contributed by atoms with Crippen LogP contribution in [0.2, 0.25) is 0 Å². The van der Waals surface area contributed by atoms with Gasteiger partial charge in [0.25, 0.3) is 0 Å². The van der Waals surface area contributed by atoms with Crippen LogP contribution in [0.1, 0.15) is 19.4 Å². The molecule has 5 heteroatoms. The lowest BCUT2D eigenvalue weighted by atomic mass is 10.1. The van der Waals surface area contributed by atoms with Crippen molar-refractivity contribution in [2.75, 3.05) is 27.9 Å². The Bertz CT molecular complexity index is 393. The molecular weight excluding hydrogens is 246 g/mol. The number of phenolic OH excluding ortho intramolecular Hbond substituents is 1. The molecule has 0 atom stereocenters. The number of methoxy groups -OCH3 is 3. The van der Waals surface area contributed by atoms with Gasteiger partial charge in [0.2, 0.25) is 5.75 Å². The van der Waals surface area contributed by atoms with Crippen LogP contribution < -0.4 is 14.8 Å². The van der Waals surface area contributed by atoms with Gasteiger partial charge in [0.1, 0.15) is 0 Å². The fourth-order valence-electron chi connectivity index (χ4n) is 1.63. The highest BCUT2D eigenvalue weighted by Crippen LogP contribution is 2.36. The summed E-state index contributed by atoms with van der Waals surface area (Å²) in [5.74, 6) is 0.829. The third kappa shape index (κ3) is 4.29. The van der Waals surface area contributed by atoms with E-state index in [2.05, 4.69) is 5.32 Å². The predicted molar refractivity (Wildman–Crippen MR) is 74.0 cm³/mol. The number of benzene rings is 1. The van der Waals surface area contributed by atoms with Crippen LogP contribution in [0.15, 0.2) is 12.1 Å². The van der Waals surface area contributed by atoms with Gasteiger partial charge in [0, 0.05) is 20.2 Å². The lowest BCUT2D eigenvalue weighted by Gasteiger charge is -2.23. The van der Waals surface area contributed by atoms with Gasteiger partial charge in [0.05, 0.1) is 19.8 Å². The summed E-state index contributed by atoms with van der Waals surface area (Å²) >= 11 is 0. The molecule has 0 aliphatic heterocycles. The molecule has 108 valence electrons. The molecule has 0 amide bonds. The molecule has 0 saturated heterocycles. The van der Waals surface area contributed by atoms with E-state index >= 15 is 0 Å². The molecule has 0 heterocycles.